The number of nitrogens with one attached hydrogen (secondary N) is 2. The van der Waals surface area contributed by atoms with Gasteiger partial charge in [-0.3, -0.25) is 14.5 Å². The van der Waals surface area contributed by atoms with Crippen molar-refractivity contribution >= 4 is 23.5 Å². The number of nitrogens with zero attached hydrogens (tertiary/aromatic N) is 1. The Morgan fingerprint density at radius 3 is 2.38 bits per heavy atom. The molecule has 2 rings (SSSR count). The molecule has 4 amide bonds. The van der Waals surface area contributed by atoms with Crippen LogP contribution in [0.25, 0.3) is 0 Å². The molecule has 1 aromatic rings. The Morgan fingerprint density at radius 2 is 1.79 bits per heavy atom. The number of imide groups is 1. The van der Waals surface area contributed by atoms with Crippen molar-refractivity contribution in [2.75, 3.05) is 11.9 Å². The molecule has 6 nitrogen and oxygen atoms in total. The van der Waals surface area contributed by atoms with Gasteiger partial charge < -0.3 is 10.6 Å². The summed E-state index contributed by atoms with van der Waals surface area (Å²) in [5, 5.41) is 5.56. The molecule has 0 aromatic heterocycles. The van der Waals surface area contributed by atoms with E-state index in [4.69, 9.17) is 0 Å². The molecule has 130 valence electrons. The fraction of sp³-hybridized carbons (Fsp3) is 0.500. The Balaban J connectivity index is 2.09. The van der Waals surface area contributed by atoms with E-state index in [1.54, 1.807) is 6.07 Å². The molecule has 6 heteroatoms. The largest absolute Gasteiger partial charge is 0.325 e. The average molecular weight is 331 g/mol. The van der Waals surface area contributed by atoms with E-state index in [0.29, 0.717) is 18.5 Å². The molecular formula is C18H25N3O3. The lowest BCUT2D eigenvalue weighted by molar-refractivity contribution is -0.134. The maximum Gasteiger partial charge on any atom is 0.325 e. The highest BCUT2D eigenvalue weighted by atomic mass is 16.2. The third kappa shape index (κ3) is 3.58. The summed E-state index contributed by atoms with van der Waals surface area (Å²) < 4.78 is 0. The summed E-state index contributed by atoms with van der Waals surface area (Å²) in [5.74, 6) is -0.673. The van der Waals surface area contributed by atoms with Crippen LogP contribution >= 0.6 is 0 Å². The van der Waals surface area contributed by atoms with Gasteiger partial charge in [0.25, 0.3) is 5.91 Å². The quantitative estimate of drug-likeness (QED) is 0.754. The van der Waals surface area contributed by atoms with Crippen molar-refractivity contribution in [3.63, 3.8) is 0 Å². The highest BCUT2D eigenvalue weighted by Gasteiger charge is 2.50. The predicted octanol–water partition coefficient (Wildman–Crippen LogP) is 2.82. The normalized spacial score (nSPS) is 16.2. The second kappa shape index (κ2) is 7.47. The molecule has 1 heterocycles. The predicted molar refractivity (Wildman–Crippen MR) is 92.6 cm³/mol. The Bertz CT molecular complexity index is 636. The molecule has 1 aliphatic heterocycles. The number of carbonyl (C=O) groups is 3. The topological polar surface area (TPSA) is 78.5 Å². The van der Waals surface area contributed by atoms with Gasteiger partial charge in [-0.25, -0.2) is 4.79 Å². The van der Waals surface area contributed by atoms with Crippen molar-refractivity contribution < 1.29 is 14.4 Å². The van der Waals surface area contributed by atoms with Gasteiger partial charge in [0.15, 0.2) is 0 Å². The van der Waals surface area contributed by atoms with E-state index in [2.05, 4.69) is 10.6 Å². The zero-order valence-electron chi connectivity index (χ0n) is 14.5. The molecule has 0 unspecified atom stereocenters. The number of anilines is 1. The molecule has 1 aromatic carbocycles. The van der Waals surface area contributed by atoms with Crippen molar-refractivity contribution in [2.45, 2.75) is 52.0 Å². The SMILES string of the molecule is CCCC1(CCC)NC(=O)N(CC(=O)Nc2ccccc2C)C1=O. The molecule has 0 aliphatic carbocycles. The third-order valence-electron chi connectivity index (χ3n) is 4.32. The first kappa shape index (κ1) is 18.0. The minimum absolute atomic E-state index is 0.270. The standard InChI is InChI=1S/C18H25N3O3/c1-4-10-18(11-5-2)16(23)21(17(24)20-18)12-15(22)19-14-9-7-6-8-13(14)3/h6-9H,4-5,10-12H2,1-3H3,(H,19,22)(H,20,24). The van der Waals surface area contributed by atoms with E-state index in [9.17, 15) is 14.4 Å². The summed E-state index contributed by atoms with van der Waals surface area (Å²) in [6.45, 7) is 5.57. The van der Waals surface area contributed by atoms with Crippen molar-refractivity contribution in [3.05, 3.63) is 29.8 Å². The number of benzene rings is 1. The number of rotatable bonds is 7. The van der Waals surface area contributed by atoms with Crippen LogP contribution in [0, 0.1) is 6.92 Å². The molecule has 1 aliphatic rings. The van der Waals surface area contributed by atoms with E-state index < -0.39 is 11.6 Å². The first-order valence-corrected chi connectivity index (χ1v) is 8.43. The van der Waals surface area contributed by atoms with Crippen molar-refractivity contribution in [1.82, 2.24) is 10.2 Å². The number of carbonyl (C=O) groups excluding carboxylic acids is 3. The second-order valence-electron chi connectivity index (χ2n) is 6.27. The van der Waals surface area contributed by atoms with Crippen LogP contribution in [-0.2, 0) is 9.59 Å². The molecule has 24 heavy (non-hydrogen) atoms. The number of amides is 4. The van der Waals surface area contributed by atoms with E-state index >= 15 is 0 Å². The average Bonchev–Trinajstić information content (AvgIpc) is 2.75. The van der Waals surface area contributed by atoms with Crippen molar-refractivity contribution in [1.29, 1.82) is 0 Å². The van der Waals surface area contributed by atoms with E-state index in [1.807, 2.05) is 39.0 Å². The molecule has 1 fully saturated rings. The number of aryl methyl sites for hydroxylation is 1. The lowest BCUT2D eigenvalue weighted by Crippen LogP contribution is -2.47. The van der Waals surface area contributed by atoms with Crippen LogP contribution in [0.15, 0.2) is 24.3 Å². The molecule has 0 spiro atoms. The Morgan fingerprint density at radius 1 is 1.17 bits per heavy atom. The van der Waals surface area contributed by atoms with Crippen molar-refractivity contribution in [3.8, 4) is 0 Å². The monoisotopic (exact) mass is 331 g/mol. The molecule has 1 saturated heterocycles. The number of hydrogen-bond acceptors (Lipinski definition) is 3. The van der Waals surface area contributed by atoms with Crippen LogP contribution in [0.2, 0.25) is 0 Å². The van der Waals surface area contributed by atoms with E-state index in [-0.39, 0.29) is 18.4 Å². The van der Waals surface area contributed by atoms with Crippen molar-refractivity contribution in [2.24, 2.45) is 0 Å². The fourth-order valence-electron chi connectivity index (χ4n) is 3.18. The van der Waals surface area contributed by atoms with Gasteiger partial charge in [-0.2, -0.15) is 0 Å². The van der Waals surface area contributed by atoms with Crippen LogP contribution in [0.4, 0.5) is 10.5 Å². The first-order chi connectivity index (χ1) is 11.4. The van der Waals surface area contributed by atoms with E-state index in [1.165, 1.54) is 0 Å². The fourth-order valence-corrected chi connectivity index (χ4v) is 3.18. The lowest BCUT2D eigenvalue weighted by Gasteiger charge is -2.25. The summed E-state index contributed by atoms with van der Waals surface area (Å²) in [5.41, 5.74) is 0.751. The number of hydrogen-bond donors (Lipinski definition) is 2. The van der Waals surface area contributed by atoms with Gasteiger partial charge >= 0.3 is 6.03 Å². The van der Waals surface area contributed by atoms with Crippen LogP contribution in [0.3, 0.4) is 0 Å². The summed E-state index contributed by atoms with van der Waals surface area (Å²) >= 11 is 0. The summed E-state index contributed by atoms with van der Waals surface area (Å²) in [7, 11) is 0. The van der Waals surface area contributed by atoms with Gasteiger partial charge in [0.2, 0.25) is 5.91 Å². The highest BCUT2D eigenvalue weighted by molar-refractivity contribution is 6.10. The molecule has 0 atom stereocenters. The maximum absolute atomic E-state index is 12.7. The third-order valence-corrected chi connectivity index (χ3v) is 4.32. The minimum Gasteiger partial charge on any atom is -0.324 e. The Labute approximate surface area is 142 Å². The number of urea groups is 1. The van der Waals surface area contributed by atoms with Crippen LogP contribution in [0.5, 0.6) is 0 Å². The number of para-hydroxylation sites is 1. The Kier molecular flexibility index (Phi) is 5.59. The van der Waals surface area contributed by atoms with Gasteiger partial charge in [0.1, 0.15) is 12.1 Å². The van der Waals surface area contributed by atoms with Crippen LogP contribution in [0.1, 0.15) is 45.1 Å². The summed E-state index contributed by atoms with van der Waals surface area (Å²) in [6.07, 6.45) is 2.74. The first-order valence-electron chi connectivity index (χ1n) is 8.43. The molecule has 0 bridgehead atoms. The second-order valence-corrected chi connectivity index (χ2v) is 6.27. The van der Waals surface area contributed by atoms with Gasteiger partial charge in [-0.05, 0) is 31.4 Å². The van der Waals surface area contributed by atoms with E-state index in [0.717, 1.165) is 23.3 Å². The van der Waals surface area contributed by atoms with Gasteiger partial charge in [0.05, 0.1) is 0 Å². The zero-order valence-corrected chi connectivity index (χ0v) is 14.5. The highest BCUT2D eigenvalue weighted by Crippen LogP contribution is 2.28. The molecule has 0 saturated carbocycles. The maximum atomic E-state index is 12.7. The zero-order chi connectivity index (χ0) is 17.7. The van der Waals surface area contributed by atoms with Gasteiger partial charge in [0, 0.05) is 5.69 Å². The lowest BCUT2D eigenvalue weighted by atomic mass is 9.88. The summed E-state index contributed by atoms with van der Waals surface area (Å²) in [4.78, 5) is 38.2. The van der Waals surface area contributed by atoms with Gasteiger partial charge in [-0.1, -0.05) is 44.9 Å². The Hall–Kier alpha value is -2.37. The van der Waals surface area contributed by atoms with Crippen LogP contribution < -0.4 is 10.6 Å². The molecule has 2 N–H and O–H groups in total. The molecular weight excluding hydrogens is 306 g/mol. The van der Waals surface area contributed by atoms with Crippen LogP contribution in [-0.4, -0.2) is 34.8 Å². The smallest absolute Gasteiger partial charge is 0.324 e. The minimum atomic E-state index is -0.858. The summed E-state index contributed by atoms with van der Waals surface area (Å²) in [6, 6.07) is 6.90. The van der Waals surface area contributed by atoms with Gasteiger partial charge in [-0.15, -0.1) is 0 Å². The molecule has 0 radical (unpaired) electrons.